The minimum absolute atomic E-state index is 0.00788. The average Bonchev–Trinajstić information content (AvgIpc) is 3.04. The third kappa shape index (κ3) is 3.74. The van der Waals surface area contributed by atoms with Crippen molar-refractivity contribution < 1.29 is 9.53 Å². The minimum Gasteiger partial charge on any atom is -0.487 e. The molecule has 30 heavy (non-hydrogen) atoms. The zero-order chi connectivity index (χ0) is 20.7. The smallest absolute Gasteiger partial charge is 0.221 e. The van der Waals surface area contributed by atoms with Crippen molar-refractivity contribution in [2.45, 2.75) is 64.0 Å². The molecule has 1 amide bonds. The van der Waals surface area contributed by atoms with Crippen LogP contribution in [0.1, 0.15) is 51.5 Å². The fourth-order valence-corrected chi connectivity index (χ4v) is 5.40. The number of nitrogens with zero attached hydrogens (tertiary/aromatic N) is 1. The van der Waals surface area contributed by atoms with E-state index in [0.717, 1.165) is 61.3 Å². The van der Waals surface area contributed by atoms with Crippen LogP contribution in [-0.2, 0) is 11.2 Å². The number of hydrogen-bond donors (Lipinski definition) is 1. The number of hydrogen-bond acceptors (Lipinski definition) is 3. The zero-order valence-electron chi connectivity index (χ0n) is 18.1. The minimum atomic E-state index is -0.0455. The standard InChI is InChI=1S/C26H32N2O2/c1-18(20-4-3-5-20)28-14-12-26(13-15-28)17-23-16-22(8-11-25(23)30-26)21-6-9-24(10-7-21)27-19(2)29/h6-11,16,18,20H,3-5,12-15,17H2,1-2H3,(H,27,29). The van der Waals surface area contributed by atoms with Gasteiger partial charge in [0.2, 0.25) is 5.91 Å². The van der Waals surface area contributed by atoms with Crippen molar-refractivity contribution in [3.8, 4) is 16.9 Å². The Balaban J connectivity index is 1.26. The summed E-state index contributed by atoms with van der Waals surface area (Å²) in [5.41, 5.74) is 4.53. The van der Waals surface area contributed by atoms with Gasteiger partial charge in [-0.3, -0.25) is 4.79 Å². The van der Waals surface area contributed by atoms with Gasteiger partial charge in [0, 0.05) is 51.0 Å². The molecule has 0 radical (unpaired) electrons. The number of fused-ring (bicyclic) bond motifs is 1. The number of carbonyl (C=O) groups excluding carboxylic acids is 1. The number of likely N-dealkylation sites (tertiary alicyclic amines) is 1. The summed E-state index contributed by atoms with van der Waals surface area (Å²) >= 11 is 0. The molecule has 2 fully saturated rings. The van der Waals surface area contributed by atoms with Crippen molar-refractivity contribution in [2.24, 2.45) is 5.92 Å². The molecular weight excluding hydrogens is 372 g/mol. The van der Waals surface area contributed by atoms with E-state index in [0.29, 0.717) is 0 Å². The van der Waals surface area contributed by atoms with Crippen molar-refractivity contribution in [3.63, 3.8) is 0 Å². The molecule has 0 bridgehead atoms. The van der Waals surface area contributed by atoms with Crippen molar-refractivity contribution >= 4 is 11.6 Å². The molecule has 0 aromatic heterocycles. The molecule has 3 aliphatic rings. The Kier molecular flexibility index (Phi) is 5.06. The Labute approximate surface area is 179 Å². The van der Waals surface area contributed by atoms with Crippen molar-refractivity contribution in [1.82, 2.24) is 4.90 Å². The second-order valence-corrected chi connectivity index (χ2v) is 9.51. The van der Waals surface area contributed by atoms with E-state index in [1.54, 1.807) is 0 Å². The highest BCUT2D eigenvalue weighted by Gasteiger charge is 2.43. The molecule has 2 aromatic carbocycles. The molecule has 4 nitrogen and oxygen atoms in total. The lowest BCUT2D eigenvalue weighted by Crippen LogP contribution is -2.52. The van der Waals surface area contributed by atoms with E-state index < -0.39 is 0 Å². The number of benzene rings is 2. The highest BCUT2D eigenvalue weighted by molar-refractivity contribution is 5.89. The normalized spacial score (nSPS) is 21.5. The number of piperidine rings is 1. The van der Waals surface area contributed by atoms with Gasteiger partial charge in [0.1, 0.15) is 11.4 Å². The summed E-state index contributed by atoms with van der Waals surface area (Å²) in [6.45, 7) is 6.27. The number of anilines is 1. The Bertz CT molecular complexity index is 925. The summed E-state index contributed by atoms with van der Waals surface area (Å²) in [7, 11) is 0. The van der Waals surface area contributed by atoms with Crippen LogP contribution in [0.15, 0.2) is 42.5 Å². The van der Waals surface area contributed by atoms with Crippen molar-refractivity contribution in [3.05, 3.63) is 48.0 Å². The van der Waals surface area contributed by atoms with Gasteiger partial charge in [-0.1, -0.05) is 24.6 Å². The lowest BCUT2D eigenvalue weighted by Gasteiger charge is -2.45. The number of amides is 1. The fraction of sp³-hybridized carbons (Fsp3) is 0.500. The van der Waals surface area contributed by atoms with Gasteiger partial charge in [-0.05, 0) is 66.6 Å². The van der Waals surface area contributed by atoms with E-state index in [1.165, 1.54) is 37.3 Å². The van der Waals surface area contributed by atoms with Crippen LogP contribution in [0.4, 0.5) is 5.69 Å². The number of rotatable bonds is 4. The molecule has 2 aromatic rings. The molecule has 1 spiro atoms. The van der Waals surface area contributed by atoms with Crippen molar-refractivity contribution in [1.29, 1.82) is 0 Å². The summed E-state index contributed by atoms with van der Waals surface area (Å²) in [5, 5.41) is 2.83. The van der Waals surface area contributed by atoms with Crippen LogP contribution in [0.25, 0.3) is 11.1 Å². The summed E-state index contributed by atoms with van der Waals surface area (Å²) in [6, 6.07) is 15.4. The second kappa shape index (κ2) is 7.73. The number of carbonyl (C=O) groups is 1. The maximum atomic E-state index is 11.2. The number of nitrogens with one attached hydrogen (secondary N) is 1. The van der Waals surface area contributed by atoms with Crippen LogP contribution in [0.2, 0.25) is 0 Å². The summed E-state index contributed by atoms with van der Waals surface area (Å²) in [4.78, 5) is 13.9. The first-order chi connectivity index (χ1) is 14.5. The molecule has 1 saturated carbocycles. The monoisotopic (exact) mass is 404 g/mol. The first-order valence-corrected chi connectivity index (χ1v) is 11.5. The van der Waals surface area contributed by atoms with E-state index in [-0.39, 0.29) is 11.5 Å². The third-order valence-corrected chi connectivity index (χ3v) is 7.56. The van der Waals surface area contributed by atoms with Gasteiger partial charge in [-0.25, -0.2) is 0 Å². The van der Waals surface area contributed by atoms with Gasteiger partial charge in [-0.15, -0.1) is 0 Å². The molecule has 1 unspecified atom stereocenters. The molecule has 158 valence electrons. The van der Waals surface area contributed by atoms with Gasteiger partial charge in [0.25, 0.3) is 0 Å². The topological polar surface area (TPSA) is 41.6 Å². The summed E-state index contributed by atoms with van der Waals surface area (Å²) in [5.74, 6) is 1.94. The number of ether oxygens (including phenoxy) is 1. The lowest BCUT2D eigenvalue weighted by molar-refractivity contribution is -0.114. The molecule has 4 heteroatoms. The van der Waals surface area contributed by atoms with Crippen LogP contribution in [0, 0.1) is 5.92 Å². The first kappa shape index (κ1) is 19.6. The van der Waals surface area contributed by atoms with E-state index in [9.17, 15) is 4.79 Å². The lowest BCUT2D eigenvalue weighted by atomic mass is 9.78. The van der Waals surface area contributed by atoms with Gasteiger partial charge < -0.3 is 15.0 Å². The maximum Gasteiger partial charge on any atom is 0.221 e. The molecule has 1 aliphatic carbocycles. The first-order valence-electron chi connectivity index (χ1n) is 11.5. The zero-order valence-corrected chi connectivity index (χ0v) is 18.1. The highest BCUT2D eigenvalue weighted by Crippen LogP contribution is 2.43. The molecule has 1 saturated heterocycles. The Hall–Kier alpha value is -2.33. The molecule has 1 N–H and O–H groups in total. The van der Waals surface area contributed by atoms with Crippen LogP contribution >= 0.6 is 0 Å². The Morgan fingerprint density at radius 1 is 1.10 bits per heavy atom. The quantitative estimate of drug-likeness (QED) is 0.755. The molecular formula is C26H32N2O2. The van der Waals surface area contributed by atoms with Gasteiger partial charge in [0.05, 0.1) is 0 Å². The van der Waals surface area contributed by atoms with Crippen molar-refractivity contribution in [2.75, 3.05) is 18.4 Å². The van der Waals surface area contributed by atoms with E-state index in [1.807, 2.05) is 12.1 Å². The summed E-state index contributed by atoms with van der Waals surface area (Å²) in [6.07, 6.45) is 7.52. The highest BCUT2D eigenvalue weighted by atomic mass is 16.5. The molecule has 1 atom stereocenters. The second-order valence-electron chi connectivity index (χ2n) is 9.51. The van der Waals surface area contributed by atoms with Crippen LogP contribution in [-0.4, -0.2) is 35.5 Å². The Morgan fingerprint density at radius 3 is 2.43 bits per heavy atom. The van der Waals surface area contributed by atoms with E-state index in [2.05, 4.69) is 47.5 Å². The SMILES string of the molecule is CC(=O)Nc1ccc(-c2ccc3c(c2)CC2(CCN(C(C)C4CCC4)CC2)O3)cc1. The molecule has 5 rings (SSSR count). The predicted octanol–water partition coefficient (Wildman–Crippen LogP) is 5.27. The Morgan fingerprint density at radius 2 is 1.80 bits per heavy atom. The summed E-state index contributed by atoms with van der Waals surface area (Å²) < 4.78 is 6.54. The van der Waals surface area contributed by atoms with Crippen LogP contribution < -0.4 is 10.1 Å². The fourth-order valence-electron chi connectivity index (χ4n) is 5.40. The molecule has 2 heterocycles. The largest absolute Gasteiger partial charge is 0.487 e. The van der Waals surface area contributed by atoms with E-state index >= 15 is 0 Å². The molecule has 2 aliphatic heterocycles. The maximum absolute atomic E-state index is 11.2. The van der Waals surface area contributed by atoms with Gasteiger partial charge in [0.15, 0.2) is 0 Å². The average molecular weight is 405 g/mol. The van der Waals surface area contributed by atoms with E-state index in [4.69, 9.17) is 4.74 Å². The van der Waals surface area contributed by atoms with Crippen LogP contribution in [0.5, 0.6) is 5.75 Å². The predicted molar refractivity (Wildman–Crippen MR) is 121 cm³/mol. The third-order valence-electron chi connectivity index (χ3n) is 7.56. The van der Waals surface area contributed by atoms with Gasteiger partial charge in [-0.2, -0.15) is 0 Å². The van der Waals surface area contributed by atoms with Gasteiger partial charge >= 0.3 is 0 Å². The van der Waals surface area contributed by atoms with Crippen LogP contribution in [0.3, 0.4) is 0 Å².